The van der Waals surface area contributed by atoms with E-state index in [9.17, 15) is 9.59 Å². The molecular weight excluding hydrogens is 306 g/mol. The van der Waals surface area contributed by atoms with Crippen molar-refractivity contribution in [2.45, 2.75) is 18.2 Å². The highest BCUT2D eigenvalue weighted by molar-refractivity contribution is 8.01. The van der Waals surface area contributed by atoms with Crippen LogP contribution in [0.3, 0.4) is 0 Å². The van der Waals surface area contributed by atoms with Crippen LogP contribution in [0.25, 0.3) is 16.0 Å². The van der Waals surface area contributed by atoms with Crippen LogP contribution >= 0.6 is 23.1 Å². The van der Waals surface area contributed by atoms with Crippen LogP contribution in [0.4, 0.5) is 0 Å². The molecule has 3 rings (SSSR count). The molecule has 0 aliphatic carbocycles. The van der Waals surface area contributed by atoms with Crippen molar-refractivity contribution < 1.29 is 0 Å². The van der Waals surface area contributed by atoms with Gasteiger partial charge in [-0.15, -0.1) is 11.3 Å². The van der Waals surface area contributed by atoms with E-state index in [-0.39, 0.29) is 5.56 Å². The first-order valence-corrected chi connectivity index (χ1v) is 8.26. The van der Waals surface area contributed by atoms with E-state index in [4.69, 9.17) is 0 Å². The molecule has 2 aromatic heterocycles. The number of H-pyrrole nitrogens is 1. The van der Waals surface area contributed by atoms with Gasteiger partial charge in [0.2, 0.25) is 0 Å². The summed E-state index contributed by atoms with van der Waals surface area (Å²) in [4.78, 5) is 31.7. The molecule has 1 aromatic carbocycles. The van der Waals surface area contributed by atoms with Crippen LogP contribution in [0, 0.1) is 6.92 Å². The maximum atomic E-state index is 12.6. The summed E-state index contributed by atoms with van der Waals surface area (Å²) in [6, 6.07) is 7.27. The van der Waals surface area contributed by atoms with Crippen LogP contribution in [0.5, 0.6) is 0 Å². The molecule has 0 radical (unpaired) electrons. The molecule has 0 spiro atoms. The lowest BCUT2D eigenvalue weighted by Gasteiger charge is -2.04. The molecule has 0 atom stereocenters. The van der Waals surface area contributed by atoms with Crippen molar-refractivity contribution in [3.8, 4) is 5.69 Å². The molecule has 0 saturated heterocycles. The predicted octanol–water partition coefficient (Wildman–Crippen LogP) is 2.56. The number of aryl methyl sites for hydroxylation is 1. The molecule has 0 unspecified atom stereocenters. The second-order valence-electron chi connectivity index (χ2n) is 4.50. The summed E-state index contributed by atoms with van der Waals surface area (Å²) in [5.41, 5.74) is 1.22. The number of aromatic amines is 1. The van der Waals surface area contributed by atoms with Crippen molar-refractivity contribution in [3.05, 3.63) is 50.7 Å². The number of thioether (sulfide) groups is 1. The Balaban J connectivity index is 2.26. The highest BCUT2D eigenvalue weighted by atomic mass is 32.2. The quantitative estimate of drug-likeness (QED) is 0.753. The van der Waals surface area contributed by atoms with Crippen LogP contribution in [0.15, 0.2) is 38.2 Å². The molecule has 108 valence electrons. The van der Waals surface area contributed by atoms with Gasteiger partial charge in [-0.25, -0.2) is 14.3 Å². The smallest absolute Gasteiger partial charge is 0.290 e. The number of hydrogen-bond donors (Lipinski definition) is 1. The van der Waals surface area contributed by atoms with Crippen LogP contribution in [-0.4, -0.2) is 20.3 Å². The number of fused-ring (bicyclic) bond motifs is 1. The maximum Gasteiger partial charge on any atom is 0.334 e. The van der Waals surface area contributed by atoms with Gasteiger partial charge in [0.25, 0.3) is 5.56 Å². The lowest BCUT2D eigenvalue weighted by molar-refractivity contribution is 0.898. The zero-order valence-electron chi connectivity index (χ0n) is 11.5. The Morgan fingerprint density at radius 1 is 1.29 bits per heavy atom. The molecule has 0 bridgehead atoms. The van der Waals surface area contributed by atoms with Gasteiger partial charge < -0.3 is 0 Å². The fraction of sp³-hybridized carbons (Fsp3) is 0.214. The van der Waals surface area contributed by atoms with Gasteiger partial charge in [0.15, 0.2) is 9.99 Å². The van der Waals surface area contributed by atoms with E-state index in [2.05, 4.69) is 9.97 Å². The first kappa shape index (κ1) is 14.1. The number of benzene rings is 1. The van der Waals surface area contributed by atoms with Gasteiger partial charge in [-0.2, -0.15) is 0 Å². The average Bonchev–Trinajstić information content (AvgIpc) is 2.84. The zero-order chi connectivity index (χ0) is 15.0. The van der Waals surface area contributed by atoms with Gasteiger partial charge in [-0.3, -0.25) is 9.78 Å². The standard InChI is InChI=1S/C14H13N3O2S2/c1-3-20-14-16-11-10(21-14)12(18)17(13(19)15-11)9-6-4-8(2)5-7-9/h4-7H,3H2,1-2H3,(H,15,19). The van der Waals surface area contributed by atoms with Crippen LogP contribution < -0.4 is 11.2 Å². The summed E-state index contributed by atoms with van der Waals surface area (Å²) >= 11 is 2.87. The van der Waals surface area contributed by atoms with E-state index in [1.165, 1.54) is 11.3 Å². The highest BCUT2D eigenvalue weighted by Crippen LogP contribution is 2.25. The Labute approximate surface area is 128 Å². The lowest BCUT2D eigenvalue weighted by Crippen LogP contribution is -2.33. The molecule has 0 fully saturated rings. The van der Waals surface area contributed by atoms with Crippen LogP contribution in [0.2, 0.25) is 0 Å². The molecular formula is C14H13N3O2S2. The monoisotopic (exact) mass is 319 g/mol. The average molecular weight is 319 g/mol. The fourth-order valence-electron chi connectivity index (χ4n) is 1.99. The molecule has 21 heavy (non-hydrogen) atoms. The Morgan fingerprint density at radius 2 is 2.00 bits per heavy atom. The normalized spacial score (nSPS) is 11.1. The number of nitrogens with one attached hydrogen (secondary N) is 1. The van der Waals surface area contributed by atoms with Gasteiger partial charge >= 0.3 is 5.69 Å². The molecule has 0 saturated carbocycles. The number of nitrogens with zero attached hydrogens (tertiary/aromatic N) is 2. The summed E-state index contributed by atoms with van der Waals surface area (Å²) < 4.78 is 2.42. The lowest BCUT2D eigenvalue weighted by atomic mass is 10.2. The summed E-state index contributed by atoms with van der Waals surface area (Å²) in [6.45, 7) is 3.97. The van der Waals surface area contributed by atoms with Crippen molar-refractivity contribution in [1.82, 2.24) is 14.5 Å². The van der Waals surface area contributed by atoms with Gasteiger partial charge in [0, 0.05) is 0 Å². The third-order valence-electron chi connectivity index (χ3n) is 2.99. The SMILES string of the molecule is CCSc1nc2[nH]c(=O)n(-c3ccc(C)cc3)c(=O)c2s1. The predicted molar refractivity (Wildman–Crippen MR) is 87.0 cm³/mol. The molecule has 0 aliphatic heterocycles. The summed E-state index contributed by atoms with van der Waals surface area (Å²) in [5, 5.41) is 0. The summed E-state index contributed by atoms with van der Waals surface area (Å²) in [5.74, 6) is 0.871. The Kier molecular flexibility index (Phi) is 3.69. The molecule has 7 heteroatoms. The Hall–Kier alpha value is -1.86. The second-order valence-corrected chi connectivity index (χ2v) is 7.01. The van der Waals surface area contributed by atoms with Gasteiger partial charge in [-0.1, -0.05) is 36.4 Å². The number of aromatic nitrogens is 3. The van der Waals surface area contributed by atoms with Crippen molar-refractivity contribution in [3.63, 3.8) is 0 Å². The van der Waals surface area contributed by atoms with Crippen LogP contribution in [0.1, 0.15) is 12.5 Å². The van der Waals surface area contributed by atoms with Gasteiger partial charge in [0.05, 0.1) is 5.69 Å². The van der Waals surface area contributed by atoms with Gasteiger partial charge in [0.1, 0.15) is 4.70 Å². The van der Waals surface area contributed by atoms with E-state index in [0.29, 0.717) is 16.0 Å². The minimum Gasteiger partial charge on any atom is -0.290 e. The number of thiazole rings is 1. The van der Waals surface area contributed by atoms with E-state index in [1.54, 1.807) is 23.9 Å². The van der Waals surface area contributed by atoms with Crippen molar-refractivity contribution in [2.24, 2.45) is 0 Å². The Bertz CT molecular complexity index is 907. The number of rotatable bonds is 3. The molecule has 3 aromatic rings. The topological polar surface area (TPSA) is 67.8 Å². The zero-order valence-corrected chi connectivity index (χ0v) is 13.2. The summed E-state index contributed by atoms with van der Waals surface area (Å²) in [7, 11) is 0. The molecule has 0 amide bonds. The Morgan fingerprint density at radius 3 is 2.67 bits per heavy atom. The van der Waals surface area contributed by atoms with E-state index >= 15 is 0 Å². The van der Waals surface area contributed by atoms with Crippen molar-refractivity contribution in [1.29, 1.82) is 0 Å². The number of hydrogen-bond acceptors (Lipinski definition) is 5. The van der Waals surface area contributed by atoms with Crippen molar-refractivity contribution in [2.75, 3.05) is 5.75 Å². The third kappa shape index (κ3) is 2.54. The highest BCUT2D eigenvalue weighted by Gasteiger charge is 2.14. The van der Waals surface area contributed by atoms with E-state index in [0.717, 1.165) is 20.2 Å². The largest absolute Gasteiger partial charge is 0.334 e. The van der Waals surface area contributed by atoms with Gasteiger partial charge in [-0.05, 0) is 24.8 Å². The molecule has 5 nitrogen and oxygen atoms in total. The third-order valence-corrected chi connectivity index (χ3v) is 5.06. The molecule has 1 N–H and O–H groups in total. The minimum atomic E-state index is -0.463. The maximum absolute atomic E-state index is 12.6. The molecule has 0 aliphatic rings. The summed E-state index contributed by atoms with van der Waals surface area (Å²) in [6.07, 6.45) is 0. The van der Waals surface area contributed by atoms with E-state index < -0.39 is 5.69 Å². The van der Waals surface area contributed by atoms with E-state index in [1.807, 2.05) is 26.0 Å². The first-order chi connectivity index (χ1) is 10.1. The minimum absolute atomic E-state index is 0.321. The fourth-order valence-corrected chi connectivity index (χ4v) is 3.92. The van der Waals surface area contributed by atoms with Crippen molar-refractivity contribution >= 4 is 33.4 Å². The van der Waals surface area contributed by atoms with Crippen LogP contribution in [-0.2, 0) is 0 Å². The first-order valence-electron chi connectivity index (χ1n) is 6.46. The molecule has 2 heterocycles. The second kappa shape index (κ2) is 5.50.